The second kappa shape index (κ2) is 7.72. The molecule has 1 aromatic carbocycles. The molecule has 0 unspecified atom stereocenters. The third kappa shape index (κ3) is 3.28. The second-order valence-electron chi connectivity index (χ2n) is 7.65. The number of carbonyl (C=O) groups is 4. The number of rotatable bonds is 5. The lowest BCUT2D eigenvalue weighted by Crippen LogP contribution is -2.78. The zero-order valence-corrected chi connectivity index (χ0v) is 17.3. The number of benzene rings is 1. The number of Topliss-reactive ketones (excluding diaryl/α,β-unsaturated/α-hetero) is 1. The van der Waals surface area contributed by atoms with Crippen LogP contribution in [0.5, 0.6) is 23.0 Å². The highest BCUT2D eigenvalue weighted by Crippen LogP contribution is 2.55. The SMILES string of the molecule is COC(=O)C[C@@]1(O)[C@@H]2C(Oc3c(O)cc(O)cc3O)=CC(=O)[C@@]1(O)CC(=O)[C@]2(O)C(=O)OC. The number of ether oxygens (including phenoxy) is 3. The zero-order chi connectivity index (χ0) is 24.9. The summed E-state index contributed by atoms with van der Waals surface area (Å²) in [5, 5.41) is 63.1. The molecule has 6 N–H and O–H groups in total. The fraction of sp³-hybridized carbons (Fsp3) is 0.400. The average Bonchev–Trinajstić information content (AvgIpc) is 2.72. The van der Waals surface area contributed by atoms with Gasteiger partial charge in [0.1, 0.15) is 17.1 Å². The average molecular weight is 468 g/mol. The van der Waals surface area contributed by atoms with Crippen LogP contribution in [0.1, 0.15) is 12.8 Å². The van der Waals surface area contributed by atoms with Crippen molar-refractivity contribution in [2.24, 2.45) is 5.92 Å². The molecule has 13 heteroatoms. The number of phenolic OH excluding ortho intramolecular Hbond substituents is 3. The van der Waals surface area contributed by atoms with Gasteiger partial charge in [0.25, 0.3) is 0 Å². The molecule has 2 aliphatic rings. The molecule has 178 valence electrons. The van der Waals surface area contributed by atoms with Crippen LogP contribution in [0, 0.1) is 5.92 Å². The van der Waals surface area contributed by atoms with Crippen molar-refractivity contribution < 1.29 is 64.0 Å². The predicted octanol–water partition coefficient (Wildman–Crippen LogP) is -1.83. The van der Waals surface area contributed by atoms with Gasteiger partial charge in [0.2, 0.25) is 11.4 Å². The summed E-state index contributed by atoms with van der Waals surface area (Å²) in [4.78, 5) is 50.2. The van der Waals surface area contributed by atoms with E-state index >= 15 is 0 Å². The molecule has 0 aromatic heterocycles. The maximum absolute atomic E-state index is 12.8. The molecule has 2 bridgehead atoms. The molecule has 3 rings (SSSR count). The van der Waals surface area contributed by atoms with Crippen LogP contribution < -0.4 is 4.74 Å². The van der Waals surface area contributed by atoms with Crippen LogP contribution in [0.15, 0.2) is 24.0 Å². The van der Waals surface area contributed by atoms with Gasteiger partial charge in [-0.25, -0.2) is 4.79 Å². The topological polar surface area (TPSA) is 217 Å². The third-order valence-electron chi connectivity index (χ3n) is 5.81. The predicted molar refractivity (Wildman–Crippen MR) is 102 cm³/mol. The van der Waals surface area contributed by atoms with Gasteiger partial charge in [-0.2, -0.15) is 0 Å². The van der Waals surface area contributed by atoms with Crippen LogP contribution in [0.4, 0.5) is 0 Å². The van der Waals surface area contributed by atoms with E-state index in [2.05, 4.69) is 9.47 Å². The summed E-state index contributed by atoms with van der Waals surface area (Å²) in [5.41, 5.74) is -9.28. The Kier molecular flexibility index (Phi) is 5.61. The number of phenols is 3. The van der Waals surface area contributed by atoms with Gasteiger partial charge in [0.15, 0.2) is 28.7 Å². The van der Waals surface area contributed by atoms with E-state index in [1.54, 1.807) is 0 Å². The minimum absolute atomic E-state index is 0.530. The molecule has 0 amide bonds. The van der Waals surface area contributed by atoms with Crippen LogP contribution >= 0.6 is 0 Å². The zero-order valence-electron chi connectivity index (χ0n) is 17.3. The summed E-state index contributed by atoms with van der Waals surface area (Å²) in [5.74, 6) is -11.9. The molecular weight excluding hydrogens is 448 g/mol. The lowest BCUT2D eigenvalue weighted by molar-refractivity contribution is -0.243. The van der Waals surface area contributed by atoms with Crippen molar-refractivity contribution in [2.45, 2.75) is 29.6 Å². The Morgan fingerprint density at radius 1 is 1.03 bits per heavy atom. The van der Waals surface area contributed by atoms with Gasteiger partial charge in [-0.3, -0.25) is 14.4 Å². The number of esters is 2. The normalized spacial score (nSPS) is 30.9. The Labute approximate surface area is 185 Å². The van der Waals surface area contributed by atoms with E-state index in [1.165, 1.54) is 0 Å². The van der Waals surface area contributed by atoms with Crippen molar-refractivity contribution >= 4 is 23.5 Å². The maximum atomic E-state index is 12.8. The van der Waals surface area contributed by atoms with E-state index in [-0.39, 0.29) is 0 Å². The summed E-state index contributed by atoms with van der Waals surface area (Å²) in [6.45, 7) is 0. The highest BCUT2D eigenvalue weighted by Gasteiger charge is 2.76. The van der Waals surface area contributed by atoms with Crippen LogP contribution in [0.2, 0.25) is 0 Å². The fourth-order valence-electron chi connectivity index (χ4n) is 4.16. The number of ketones is 2. The summed E-state index contributed by atoms with van der Waals surface area (Å²) in [6.07, 6.45) is -1.92. The van der Waals surface area contributed by atoms with E-state index in [9.17, 15) is 49.8 Å². The molecule has 4 atom stereocenters. The van der Waals surface area contributed by atoms with Crippen molar-refractivity contribution in [2.75, 3.05) is 14.2 Å². The highest BCUT2D eigenvalue weighted by atomic mass is 16.5. The molecule has 0 saturated heterocycles. The Bertz CT molecular complexity index is 1070. The molecule has 33 heavy (non-hydrogen) atoms. The largest absolute Gasteiger partial charge is 0.508 e. The van der Waals surface area contributed by atoms with Gasteiger partial charge in [0.05, 0.1) is 26.6 Å². The first-order valence-corrected chi connectivity index (χ1v) is 9.30. The smallest absolute Gasteiger partial charge is 0.346 e. The molecule has 0 radical (unpaired) electrons. The molecule has 13 nitrogen and oxygen atoms in total. The monoisotopic (exact) mass is 468 g/mol. The number of carbonyl (C=O) groups excluding carboxylic acids is 4. The van der Waals surface area contributed by atoms with Gasteiger partial charge in [0, 0.05) is 24.6 Å². The van der Waals surface area contributed by atoms with Crippen molar-refractivity contribution in [3.05, 3.63) is 24.0 Å². The van der Waals surface area contributed by atoms with Crippen molar-refractivity contribution in [1.29, 1.82) is 0 Å². The van der Waals surface area contributed by atoms with E-state index in [1.807, 2.05) is 0 Å². The lowest BCUT2D eigenvalue weighted by Gasteiger charge is -2.55. The molecule has 1 saturated carbocycles. The first kappa shape index (κ1) is 24.0. The van der Waals surface area contributed by atoms with Crippen molar-refractivity contribution in [3.63, 3.8) is 0 Å². The van der Waals surface area contributed by atoms with Gasteiger partial charge in [-0.15, -0.1) is 0 Å². The van der Waals surface area contributed by atoms with Crippen molar-refractivity contribution in [3.8, 4) is 23.0 Å². The number of fused-ring (bicyclic) bond motifs is 2. The summed E-state index contributed by atoms with van der Waals surface area (Å²) < 4.78 is 14.3. The molecule has 0 heterocycles. The Hall–Kier alpha value is -3.68. The summed E-state index contributed by atoms with van der Waals surface area (Å²) >= 11 is 0. The van der Waals surface area contributed by atoms with E-state index in [4.69, 9.17) is 4.74 Å². The lowest BCUT2D eigenvalue weighted by atomic mass is 9.53. The summed E-state index contributed by atoms with van der Waals surface area (Å²) in [7, 11) is 1.73. The molecule has 1 aromatic rings. The van der Waals surface area contributed by atoms with Crippen molar-refractivity contribution in [1.82, 2.24) is 0 Å². The van der Waals surface area contributed by atoms with E-state index in [0.717, 1.165) is 26.4 Å². The fourth-order valence-corrected chi connectivity index (χ4v) is 4.16. The number of aromatic hydroxyl groups is 3. The number of hydrogen-bond donors (Lipinski definition) is 6. The number of aliphatic hydroxyl groups is 3. The summed E-state index contributed by atoms with van der Waals surface area (Å²) in [6, 6.07) is 1.46. The third-order valence-corrected chi connectivity index (χ3v) is 5.81. The minimum atomic E-state index is -3.27. The molecule has 0 spiro atoms. The quantitative estimate of drug-likeness (QED) is 0.207. The maximum Gasteiger partial charge on any atom is 0.346 e. The van der Waals surface area contributed by atoms with E-state index < -0.39 is 87.8 Å². The molecule has 2 aliphatic carbocycles. The van der Waals surface area contributed by atoms with E-state index in [0.29, 0.717) is 6.08 Å². The van der Waals surface area contributed by atoms with Crippen LogP contribution in [0.3, 0.4) is 0 Å². The number of methoxy groups -OCH3 is 2. The first-order chi connectivity index (χ1) is 15.3. The standard InChI is InChI=1S/C20H20O13/c1-31-14(26)7-19(29)16-11(33-15-9(22)3-8(21)4-10(15)23)5-12(24)18(19,28)6-13(25)20(16,30)17(27)32-2/h3-5,16,21-23,28-30H,6-7H2,1-2H3/t16-,18-,19+,20+/m0/s1. The first-order valence-electron chi connectivity index (χ1n) is 9.30. The van der Waals surface area contributed by atoms with Gasteiger partial charge in [-0.1, -0.05) is 0 Å². The molecule has 0 aliphatic heterocycles. The van der Waals surface area contributed by atoms with Crippen LogP contribution in [0.25, 0.3) is 0 Å². The number of hydrogen-bond acceptors (Lipinski definition) is 13. The van der Waals surface area contributed by atoms with Gasteiger partial charge in [-0.05, 0) is 0 Å². The van der Waals surface area contributed by atoms with Crippen LogP contribution in [-0.4, -0.2) is 85.2 Å². The Morgan fingerprint density at radius 2 is 1.61 bits per heavy atom. The molecule has 1 fully saturated rings. The Morgan fingerprint density at radius 3 is 2.12 bits per heavy atom. The van der Waals surface area contributed by atoms with Gasteiger partial charge < -0.3 is 44.8 Å². The van der Waals surface area contributed by atoms with Crippen LogP contribution in [-0.2, 0) is 28.7 Å². The highest BCUT2D eigenvalue weighted by molar-refractivity contribution is 6.14. The Balaban J connectivity index is 2.30. The second-order valence-corrected chi connectivity index (χ2v) is 7.65. The van der Waals surface area contributed by atoms with Gasteiger partial charge >= 0.3 is 11.9 Å². The molecular formula is C20H20O13. The minimum Gasteiger partial charge on any atom is -0.508 e.